The summed E-state index contributed by atoms with van der Waals surface area (Å²) in [5.74, 6) is 0.338. The lowest BCUT2D eigenvalue weighted by atomic mass is 10.00. The summed E-state index contributed by atoms with van der Waals surface area (Å²) in [6.07, 6.45) is 3.97. The van der Waals surface area contributed by atoms with Crippen LogP contribution in [0.15, 0.2) is 83.8 Å². The van der Waals surface area contributed by atoms with Crippen molar-refractivity contribution in [2.24, 2.45) is 0 Å². The third-order valence-corrected chi connectivity index (χ3v) is 6.56. The number of hydrogen-bond donors (Lipinski definition) is 0. The number of nitrogens with zero attached hydrogens (tertiary/aromatic N) is 1. The van der Waals surface area contributed by atoms with Gasteiger partial charge in [0.05, 0.1) is 12.8 Å². The average molecular weight is 446 g/mol. The highest BCUT2D eigenvalue weighted by atomic mass is 32.2. The zero-order chi connectivity index (χ0) is 22.7. The molecule has 1 aliphatic rings. The molecule has 6 heteroatoms. The molecule has 0 radical (unpaired) electrons. The minimum Gasteiger partial charge on any atom is -0.497 e. The van der Waals surface area contributed by atoms with Crippen molar-refractivity contribution in [3.05, 3.63) is 90.0 Å². The summed E-state index contributed by atoms with van der Waals surface area (Å²) in [5.41, 5.74) is 2.49. The Bertz CT molecular complexity index is 1190. The number of amides is 1. The summed E-state index contributed by atoms with van der Waals surface area (Å²) in [6, 6.07) is 23.0. The molecule has 0 aliphatic carbocycles. The van der Waals surface area contributed by atoms with Gasteiger partial charge < -0.3 is 9.47 Å². The molecular weight excluding hydrogens is 422 g/mol. The van der Waals surface area contributed by atoms with Crippen LogP contribution < -0.4 is 14.4 Å². The summed E-state index contributed by atoms with van der Waals surface area (Å²) < 4.78 is 11.0. The number of fused-ring (bicyclic) bond motifs is 1. The van der Waals surface area contributed by atoms with Gasteiger partial charge in [-0.05, 0) is 35.9 Å². The highest BCUT2D eigenvalue weighted by Gasteiger charge is 2.48. The quantitative estimate of drug-likeness (QED) is 0.375. The number of ether oxygens (including phenoxy) is 2. The van der Waals surface area contributed by atoms with E-state index in [9.17, 15) is 9.59 Å². The molecule has 1 atom stereocenters. The third kappa shape index (κ3) is 4.01. The van der Waals surface area contributed by atoms with Crippen LogP contribution >= 0.6 is 11.8 Å². The summed E-state index contributed by atoms with van der Waals surface area (Å²) in [6.45, 7) is 2.90. The molecule has 1 aliphatic heterocycles. The number of rotatable bonds is 5. The first-order valence-corrected chi connectivity index (χ1v) is 11.0. The number of carbonyl (C=O) groups excluding carboxylic acids is 2. The van der Waals surface area contributed by atoms with Gasteiger partial charge in [0.15, 0.2) is 0 Å². The van der Waals surface area contributed by atoms with Crippen molar-refractivity contribution in [1.29, 1.82) is 0 Å². The first-order valence-electron chi connectivity index (χ1n) is 10.1. The second kappa shape index (κ2) is 8.93. The molecule has 0 N–H and O–H groups in total. The van der Waals surface area contributed by atoms with Gasteiger partial charge in [-0.2, -0.15) is 0 Å². The van der Waals surface area contributed by atoms with Crippen LogP contribution in [0, 0.1) is 0 Å². The molecule has 3 aromatic carbocycles. The molecule has 1 heterocycles. The molecule has 4 rings (SSSR count). The van der Waals surface area contributed by atoms with E-state index in [4.69, 9.17) is 9.47 Å². The maximum Gasteiger partial charge on any atom is 0.308 e. The maximum atomic E-state index is 13.0. The van der Waals surface area contributed by atoms with E-state index in [1.54, 1.807) is 25.0 Å². The summed E-state index contributed by atoms with van der Waals surface area (Å²) in [7, 11) is 1.56. The van der Waals surface area contributed by atoms with E-state index in [0.717, 1.165) is 16.1 Å². The van der Waals surface area contributed by atoms with Crippen molar-refractivity contribution in [3.63, 3.8) is 0 Å². The van der Waals surface area contributed by atoms with E-state index in [-0.39, 0.29) is 5.91 Å². The zero-order valence-corrected chi connectivity index (χ0v) is 18.9. The Morgan fingerprint density at radius 3 is 2.38 bits per heavy atom. The van der Waals surface area contributed by atoms with Gasteiger partial charge in [-0.1, -0.05) is 60.3 Å². The molecular formula is C26H23NO4S. The molecule has 162 valence electrons. The number of hydrogen-bond acceptors (Lipinski definition) is 5. The summed E-state index contributed by atoms with van der Waals surface area (Å²) in [5, 5.41) is 0. The number of carbonyl (C=O) groups is 2. The Balaban J connectivity index is 1.97. The number of methoxy groups -OCH3 is 1. The minimum absolute atomic E-state index is 0.121. The number of esters is 1. The van der Waals surface area contributed by atoms with Crippen LogP contribution in [0.2, 0.25) is 0 Å². The lowest BCUT2D eigenvalue weighted by Gasteiger charge is -2.36. The molecule has 0 aromatic heterocycles. The molecule has 0 spiro atoms. The van der Waals surface area contributed by atoms with Gasteiger partial charge in [-0.15, -0.1) is 0 Å². The molecule has 3 aromatic rings. The Kier molecular flexibility index (Phi) is 6.06. The van der Waals surface area contributed by atoms with Crippen molar-refractivity contribution in [2.75, 3.05) is 12.0 Å². The molecule has 0 saturated carbocycles. The van der Waals surface area contributed by atoms with E-state index in [1.165, 1.54) is 18.7 Å². The van der Waals surface area contributed by atoms with Crippen molar-refractivity contribution in [3.8, 4) is 11.5 Å². The van der Waals surface area contributed by atoms with Crippen LogP contribution in [0.4, 0.5) is 5.69 Å². The summed E-state index contributed by atoms with van der Waals surface area (Å²) >= 11 is 1.53. The molecule has 0 fully saturated rings. The monoisotopic (exact) mass is 445 g/mol. The second-order valence-electron chi connectivity index (χ2n) is 7.32. The standard InChI is InChI=1S/C26H23NO4S/c1-18(28)27-23-11-7-8-12-25(23)32-26(27,16-15-20-9-5-4-6-10-20)22-14-13-21(30-3)17-24(22)31-19(2)29/h4-17H,1-3H3/b16-15+. The van der Waals surface area contributed by atoms with Gasteiger partial charge in [0.25, 0.3) is 0 Å². The molecule has 1 amide bonds. The second-order valence-corrected chi connectivity index (χ2v) is 8.59. The SMILES string of the molecule is COc1ccc(C2(/C=C/c3ccccc3)Sc3ccccc3N2C(C)=O)c(OC(C)=O)c1. The molecule has 0 bridgehead atoms. The number of para-hydroxylation sites is 1. The summed E-state index contributed by atoms with van der Waals surface area (Å²) in [4.78, 5) is 26.7. The van der Waals surface area contributed by atoms with Gasteiger partial charge in [0.1, 0.15) is 16.4 Å². The largest absolute Gasteiger partial charge is 0.497 e. The maximum absolute atomic E-state index is 13.0. The van der Waals surface area contributed by atoms with E-state index in [0.29, 0.717) is 17.1 Å². The van der Waals surface area contributed by atoms with Crippen molar-refractivity contribution < 1.29 is 19.1 Å². The lowest BCUT2D eigenvalue weighted by molar-refractivity contribution is -0.131. The molecule has 5 nitrogen and oxygen atoms in total. The fourth-order valence-corrected chi connectivity index (χ4v) is 5.31. The Morgan fingerprint density at radius 1 is 0.969 bits per heavy atom. The van der Waals surface area contributed by atoms with Crippen LogP contribution in [0.3, 0.4) is 0 Å². The van der Waals surface area contributed by atoms with E-state index >= 15 is 0 Å². The molecule has 0 saturated heterocycles. The number of thioether (sulfide) groups is 1. The molecule has 32 heavy (non-hydrogen) atoms. The van der Waals surface area contributed by atoms with E-state index in [1.807, 2.05) is 78.9 Å². The Labute approximate surface area is 191 Å². The Morgan fingerprint density at radius 2 is 1.69 bits per heavy atom. The van der Waals surface area contributed by atoms with Crippen LogP contribution in [-0.2, 0) is 14.5 Å². The van der Waals surface area contributed by atoms with Crippen molar-refractivity contribution in [1.82, 2.24) is 0 Å². The fraction of sp³-hybridized carbons (Fsp3) is 0.154. The number of anilines is 1. The predicted molar refractivity (Wildman–Crippen MR) is 127 cm³/mol. The lowest BCUT2D eigenvalue weighted by Crippen LogP contribution is -2.42. The highest BCUT2D eigenvalue weighted by Crippen LogP contribution is 2.58. The van der Waals surface area contributed by atoms with Gasteiger partial charge >= 0.3 is 5.97 Å². The normalized spacial score (nSPS) is 17.3. The van der Waals surface area contributed by atoms with Crippen molar-refractivity contribution >= 4 is 35.4 Å². The van der Waals surface area contributed by atoms with Gasteiger partial charge in [-0.25, -0.2) is 0 Å². The zero-order valence-electron chi connectivity index (χ0n) is 18.1. The minimum atomic E-state index is -0.956. The fourth-order valence-electron chi connectivity index (χ4n) is 3.84. The van der Waals surface area contributed by atoms with Crippen molar-refractivity contribution in [2.45, 2.75) is 23.6 Å². The third-order valence-electron chi connectivity index (χ3n) is 5.15. The molecule has 1 unspecified atom stereocenters. The first kappa shape index (κ1) is 21.7. The van der Waals surface area contributed by atoms with Crippen LogP contribution in [0.25, 0.3) is 6.08 Å². The predicted octanol–water partition coefficient (Wildman–Crippen LogP) is 5.65. The topological polar surface area (TPSA) is 55.8 Å². The average Bonchev–Trinajstić information content (AvgIpc) is 3.13. The smallest absolute Gasteiger partial charge is 0.308 e. The van der Waals surface area contributed by atoms with Gasteiger partial charge in [0.2, 0.25) is 5.91 Å². The highest BCUT2D eigenvalue weighted by molar-refractivity contribution is 8.01. The number of benzene rings is 3. The Hall–Kier alpha value is -3.51. The van der Waals surface area contributed by atoms with Crippen LogP contribution in [0.1, 0.15) is 25.0 Å². The van der Waals surface area contributed by atoms with E-state index < -0.39 is 10.8 Å². The van der Waals surface area contributed by atoms with E-state index in [2.05, 4.69) is 0 Å². The van der Waals surface area contributed by atoms with Gasteiger partial charge in [-0.3, -0.25) is 14.5 Å². The van der Waals surface area contributed by atoms with Gasteiger partial charge in [0, 0.05) is 30.4 Å². The first-order chi connectivity index (χ1) is 15.4. The van der Waals surface area contributed by atoms with Crippen LogP contribution in [-0.4, -0.2) is 19.0 Å². The van der Waals surface area contributed by atoms with Crippen LogP contribution in [0.5, 0.6) is 11.5 Å².